The summed E-state index contributed by atoms with van der Waals surface area (Å²) in [6.45, 7) is 16.0. The maximum Gasteiger partial charge on any atom is 0.410 e. The van der Waals surface area contributed by atoms with Crippen molar-refractivity contribution in [1.29, 1.82) is 0 Å². The average Bonchev–Trinajstić information content (AvgIpc) is 2.95. The molecule has 1 fully saturated rings. The maximum absolute atomic E-state index is 12.5. The van der Waals surface area contributed by atoms with Gasteiger partial charge in [0, 0.05) is 11.5 Å². The molecule has 7 nitrogen and oxygen atoms in total. The zero-order valence-electron chi connectivity index (χ0n) is 17.3. The minimum absolute atomic E-state index is 0.240. The van der Waals surface area contributed by atoms with E-state index in [1.165, 1.54) is 0 Å². The lowest BCUT2D eigenvalue weighted by Crippen LogP contribution is -2.44. The molecule has 1 unspecified atom stereocenters. The molecule has 0 saturated carbocycles. The quantitative estimate of drug-likeness (QED) is 0.197. The Balaban J connectivity index is 2.85. The van der Waals surface area contributed by atoms with Crippen molar-refractivity contribution in [2.75, 3.05) is 13.2 Å². The lowest BCUT2D eigenvalue weighted by molar-refractivity contribution is 0.0146. The van der Waals surface area contributed by atoms with Crippen LogP contribution in [0.4, 0.5) is 4.79 Å². The monoisotopic (exact) mass is 376 g/mol. The number of amides is 1. The summed E-state index contributed by atoms with van der Waals surface area (Å²) in [5, 5.41) is 3.83. The van der Waals surface area contributed by atoms with E-state index >= 15 is 0 Å². The van der Waals surface area contributed by atoms with Crippen LogP contribution in [0.2, 0.25) is 0 Å². The minimum Gasteiger partial charge on any atom is -0.496 e. The molecule has 0 aromatic heterocycles. The second-order valence-corrected chi connectivity index (χ2v) is 7.92. The molecule has 0 bridgehead atoms. The predicted octanol–water partition coefficient (Wildman–Crippen LogP) is 5.36. The number of azide groups is 1. The Morgan fingerprint density at radius 1 is 1.41 bits per heavy atom. The lowest BCUT2D eigenvalue weighted by Gasteiger charge is -2.29. The van der Waals surface area contributed by atoms with E-state index < -0.39 is 11.7 Å². The Morgan fingerprint density at radius 2 is 2.07 bits per heavy atom. The number of hydrogen-bond acceptors (Lipinski definition) is 4. The second kappa shape index (κ2) is 10.1. The van der Waals surface area contributed by atoms with Gasteiger partial charge in [-0.15, -0.1) is 0 Å². The van der Waals surface area contributed by atoms with Crippen LogP contribution in [0.25, 0.3) is 10.4 Å². The third-order valence-corrected chi connectivity index (χ3v) is 4.23. The Bertz CT molecular complexity index is 640. The van der Waals surface area contributed by atoms with Gasteiger partial charge in [0.25, 0.3) is 0 Å². The molecule has 1 aliphatic rings. The van der Waals surface area contributed by atoms with Crippen molar-refractivity contribution in [2.24, 2.45) is 11.0 Å². The van der Waals surface area contributed by atoms with Crippen LogP contribution in [0, 0.1) is 5.92 Å². The number of carbonyl (C=O) groups is 1. The first kappa shape index (κ1) is 22.6. The van der Waals surface area contributed by atoms with Gasteiger partial charge in [-0.1, -0.05) is 37.7 Å². The molecule has 1 aliphatic heterocycles. The van der Waals surface area contributed by atoms with Crippen molar-refractivity contribution in [2.45, 2.75) is 65.6 Å². The normalized spacial score (nSPS) is 21.1. The average molecular weight is 377 g/mol. The van der Waals surface area contributed by atoms with Gasteiger partial charge < -0.3 is 14.4 Å². The number of nitrogens with zero attached hydrogens (tertiary/aromatic N) is 4. The van der Waals surface area contributed by atoms with E-state index in [1.54, 1.807) is 4.90 Å². The fraction of sp³-hybridized carbons (Fsp3) is 0.650. The van der Waals surface area contributed by atoms with E-state index in [-0.39, 0.29) is 18.7 Å². The zero-order valence-corrected chi connectivity index (χ0v) is 17.3. The molecule has 150 valence electrons. The van der Waals surface area contributed by atoms with Crippen LogP contribution in [0.3, 0.4) is 0 Å². The molecule has 27 heavy (non-hydrogen) atoms. The summed E-state index contributed by atoms with van der Waals surface area (Å²) in [4.78, 5) is 17.0. The number of rotatable bonds is 7. The fourth-order valence-electron chi connectivity index (χ4n) is 2.76. The first-order chi connectivity index (χ1) is 12.6. The van der Waals surface area contributed by atoms with Gasteiger partial charge in [0.15, 0.2) is 0 Å². The highest BCUT2D eigenvalue weighted by atomic mass is 16.6. The van der Waals surface area contributed by atoms with Gasteiger partial charge in [-0.05, 0) is 57.2 Å². The van der Waals surface area contributed by atoms with Crippen LogP contribution in [0.15, 0.2) is 41.3 Å². The van der Waals surface area contributed by atoms with Gasteiger partial charge in [-0.3, -0.25) is 0 Å². The second-order valence-electron chi connectivity index (χ2n) is 7.92. The number of ether oxygens (including phenoxy) is 2. The molecular weight excluding hydrogens is 344 g/mol. The number of allylic oxidation sites excluding steroid dienone is 5. The Labute approximate surface area is 162 Å². The van der Waals surface area contributed by atoms with Crippen molar-refractivity contribution < 1.29 is 14.3 Å². The Kier molecular flexibility index (Phi) is 8.44. The summed E-state index contributed by atoms with van der Waals surface area (Å²) in [5.41, 5.74) is 9.34. The van der Waals surface area contributed by atoms with Crippen LogP contribution in [-0.2, 0) is 9.47 Å². The van der Waals surface area contributed by atoms with Gasteiger partial charge in [-0.25, -0.2) is 4.79 Å². The molecule has 7 heteroatoms. The summed E-state index contributed by atoms with van der Waals surface area (Å²) in [5.74, 6) is 1.09. The maximum atomic E-state index is 12.5. The zero-order chi connectivity index (χ0) is 20.6. The first-order valence-corrected chi connectivity index (χ1v) is 9.26. The highest BCUT2D eigenvalue weighted by Crippen LogP contribution is 2.25. The highest BCUT2D eigenvalue weighted by molar-refractivity contribution is 5.69. The summed E-state index contributed by atoms with van der Waals surface area (Å²) >= 11 is 0. The Hall–Kier alpha value is -2.40. The van der Waals surface area contributed by atoms with Crippen LogP contribution >= 0.6 is 0 Å². The predicted molar refractivity (Wildman–Crippen MR) is 107 cm³/mol. The molecule has 1 saturated heterocycles. The SMILES string of the molecule is C=C/C(=C\C=C(/C)OC[C@H]1C(N=[N+]=[N-])CCN1C(=O)OC(C)(C)C)C(C)C. The number of likely N-dealkylation sites (tertiary alicyclic amines) is 1. The molecule has 0 spiro atoms. The largest absolute Gasteiger partial charge is 0.496 e. The summed E-state index contributed by atoms with van der Waals surface area (Å²) in [7, 11) is 0. The van der Waals surface area contributed by atoms with Crippen LogP contribution in [0.1, 0.15) is 48.0 Å². The highest BCUT2D eigenvalue weighted by Gasteiger charge is 2.39. The smallest absolute Gasteiger partial charge is 0.410 e. The van der Waals surface area contributed by atoms with Crippen molar-refractivity contribution in [3.8, 4) is 0 Å². The molecule has 0 aromatic carbocycles. The summed E-state index contributed by atoms with van der Waals surface area (Å²) in [6, 6.07) is -0.683. The van der Waals surface area contributed by atoms with Crippen molar-refractivity contribution in [3.63, 3.8) is 0 Å². The Morgan fingerprint density at radius 3 is 2.59 bits per heavy atom. The molecule has 0 aromatic rings. The van der Waals surface area contributed by atoms with Crippen molar-refractivity contribution in [3.05, 3.63) is 46.6 Å². The van der Waals surface area contributed by atoms with Gasteiger partial charge in [0.05, 0.1) is 17.8 Å². The fourth-order valence-corrected chi connectivity index (χ4v) is 2.76. The third kappa shape index (κ3) is 7.39. The number of hydrogen-bond donors (Lipinski definition) is 0. The van der Waals surface area contributed by atoms with Gasteiger partial charge >= 0.3 is 6.09 Å². The minimum atomic E-state index is -0.586. The molecule has 0 N–H and O–H groups in total. The molecule has 0 radical (unpaired) electrons. The molecule has 0 aliphatic carbocycles. The van der Waals surface area contributed by atoms with Gasteiger partial charge in [0.2, 0.25) is 0 Å². The molecule has 1 amide bonds. The molecule has 2 atom stereocenters. The van der Waals surface area contributed by atoms with E-state index in [0.29, 0.717) is 24.6 Å². The van der Waals surface area contributed by atoms with E-state index in [2.05, 4.69) is 30.5 Å². The molecule has 1 heterocycles. The molecule has 1 rings (SSSR count). The molecular formula is C20H32N4O3. The summed E-state index contributed by atoms with van der Waals surface area (Å²) < 4.78 is 11.3. The topological polar surface area (TPSA) is 87.5 Å². The lowest BCUT2D eigenvalue weighted by atomic mass is 10.0. The third-order valence-electron chi connectivity index (χ3n) is 4.23. The van der Waals surface area contributed by atoms with Crippen molar-refractivity contribution in [1.82, 2.24) is 4.90 Å². The summed E-state index contributed by atoms with van der Waals surface area (Å²) in [6.07, 6.45) is 5.85. The van der Waals surface area contributed by atoms with Crippen LogP contribution < -0.4 is 0 Å². The van der Waals surface area contributed by atoms with Crippen LogP contribution in [0.5, 0.6) is 0 Å². The standard InChI is InChI=1S/C20H32N4O3/c1-8-16(14(2)3)10-9-15(4)26-13-18-17(22-23-21)11-12-24(18)19(25)27-20(5,6)7/h8-10,14,17-18H,1,11-13H2,2-7H3/b15-9+,16-10+/t17?,18-/m0/s1. The van der Waals surface area contributed by atoms with Gasteiger partial charge in [0.1, 0.15) is 12.2 Å². The van der Waals surface area contributed by atoms with E-state index in [1.807, 2.05) is 45.9 Å². The van der Waals surface area contributed by atoms with Crippen LogP contribution in [-0.4, -0.2) is 41.8 Å². The van der Waals surface area contributed by atoms with E-state index in [0.717, 1.165) is 5.57 Å². The van der Waals surface area contributed by atoms with Gasteiger partial charge in [-0.2, -0.15) is 0 Å². The first-order valence-electron chi connectivity index (χ1n) is 9.26. The number of carbonyl (C=O) groups excluding carboxylic acids is 1. The van der Waals surface area contributed by atoms with Crippen molar-refractivity contribution >= 4 is 6.09 Å². The van der Waals surface area contributed by atoms with E-state index in [9.17, 15) is 4.79 Å². The van der Waals surface area contributed by atoms with E-state index in [4.69, 9.17) is 15.0 Å².